The van der Waals surface area contributed by atoms with E-state index >= 15 is 0 Å². The van der Waals surface area contributed by atoms with E-state index < -0.39 is 16.8 Å². The van der Waals surface area contributed by atoms with Gasteiger partial charge >= 0.3 is 11.7 Å². The molecule has 1 aromatic carbocycles. The summed E-state index contributed by atoms with van der Waals surface area (Å²) in [7, 11) is 0. The van der Waals surface area contributed by atoms with E-state index in [-0.39, 0.29) is 17.2 Å². The van der Waals surface area contributed by atoms with Gasteiger partial charge in [-0.2, -0.15) is 5.26 Å². The van der Waals surface area contributed by atoms with Gasteiger partial charge in [0.15, 0.2) is 0 Å². The number of nitriles is 1. The van der Waals surface area contributed by atoms with Crippen LogP contribution >= 0.6 is 0 Å². The first kappa shape index (κ1) is 13.8. The molecule has 1 fully saturated rings. The van der Waals surface area contributed by atoms with Crippen LogP contribution in [-0.2, 0) is 4.79 Å². The average molecular weight is 275 g/mol. The first-order valence-corrected chi connectivity index (χ1v) is 6.11. The van der Waals surface area contributed by atoms with E-state index in [1.807, 2.05) is 6.07 Å². The van der Waals surface area contributed by atoms with E-state index in [4.69, 9.17) is 10.4 Å². The number of benzene rings is 1. The first-order valence-electron chi connectivity index (χ1n) is 6.11. The van der Waals surface area contributed by atoms with Gasteiger partial charge in [-0.3, -0.25) is 14.9 Å². The Morgan fingerprint density at radius 3 is 2.75 bits per heavy atom. The Bertz CT molecular complexity index is 602. The molecule has 1 aliphatic heterocycles. The molecule has 7 heteroatoms. The van der Waals surface area contributed by atoms with Crippen LogP contribution < -0.4 is 4.90 Å². The molecular formula is C13H13N3O4. The fourth-order valence-electron chi connectivity index (χ4n) is 2.30. The first-order chi connectivity index (χ1) is 9.45. The second-order valence-electron chi connectivity index (χ2n) is 4.83. The number of carbonyl (C=O) groups is 1. The molecule has 1 unspecified atom stereocenters. The molecule has 104 valence electrons. The Morgan fingerprint density at radius 1 is 1.60 bits per heavy atom. The Balaban J connectivity index is 2.23. The van der Waals surface area contributed by atoms with Crippen LogP contribution in [0.4, 0.5) is 11.4 Å². The molecule has 0 aliphatic carbocycles. The number of aliphatic carboxylic acids is 1. The van der Waals surface area contributed by atoms with Gasteiger partial charge in [0.1, 0.15) is 17.3 Å². The molecule has 1 aliphatic rings. The predicted molar refractivity (Wildman–Crippen MR) is 70.3 cm³/mol. The van der Waals surface area contributed by atoms with Crippen molar-refractivity contribution < 1.29 is 14.8 Å². The molecule has 0 amide bonds. The third kappa shape index (κ3) is 2.28. The van der Waals surface area contributed by atoms with E-state index in [0.717, 1.165) is 0 Å². The quantitative estimate of drug-likeness (QED) is 0.660. The third-order valence-electron chi connectivity index (χ3n) is 3.66. The monoisotopic (exact) mass is 275 g/mol. The molecule has 0 bridgehead atoms. The second-order valence-corrected chi connectivity index (χ2v) is 4.83. The van der Waals surface area contributed by atoms with E-state index in [1.165, 1.54) is 6.07 Å². The number of hydrogen-bond donors (Lipinski definition) is 1. The van der Waals surface area contributed by atoms with Crippen molar-refractivity contribution in [1.82, 2.24) is 0 Å². The molecule has 7 nitrogen and oxygen atoms in total. The normalized spacial score (nSPS) is 16.1. The number of nitrogens with zero attached hydrogens (tertiary/aromatic N) is 3. The van der Waals surface area contributed by atoms with Gasteiger partial charge in [-0.15, -0.1) is 0 Å². The highest BCUT2D eigenvalue weighted by molar-refractivity contribution is 5.73. The van der Waals surface area contributed by atoms with E-state index in [1.54, 1.807) is 24.0 Å². The summed E-state index contributed by atoms with van der Waals surface area (Å²) in [4.78, 5) is 23.2. The van der Waals surface area contributed by atoms with Gasteiger partial charge in [0.2, 0.25) is 0 Å². The zero-order valence-electron chi connectivity index (χ0n) is 10.8. The molecule has 0 spiro atoms. The molecule has 0 aromatic heterocycles. The van der Waals surface area contributed by atoms with Crippen molar-refractivity contribution in [3.8, 4) is 6.07 Å². The van der Waals surface area contributed by atoms with Crippen molar-refractivity contribution in [3.63, 3.8) is 0 Å². The van der Waals surface area contributed by atoms with E-state index in [9.17, 15) is 14.9 Å². The standard InChI is InChI=1S/C13H13N3O4/c1-8(13(17)18)10-6-15(7-10)11-4-2-3-9(5-14)12(11)16(19)20/h2-4,8,10H,6-7H2,1H3,(H,17,18). The van der Waals surface area contributed by atoms with Crippen molar-refractivity contribution in [1.29, 1.82) is 5.26 Å². The lowest BCUT2D eigenvalue weighted by molar-refractivity contribution is -0.384. The Hall–Kier alpha value is -2.62. The molecule has 1 aromatic rings. The van der Waals surface area contributed by atoms with Gasteiger partial charge in [-0.1, -0.05) is 13.0 Å². The van der Waals surface area contributed by atoms with Crippen molar-refractivity contribution in [3.05, 3.63) is 33.9 Å². The van der Waals surface area contributed by atoms with Gasteiger partial charge in [0, 0.05) is 19.0 Å². The van der Waals surface area contributed by atoms with Crippen LogP contribution in [0, 0.1) is 33.3 Å². The zero-order chi connectivity index (χ0) is 14.9. The zero-order valence-corrected chi connectivity index (χ0v) is 10.8. The summed E-state index contributed by atoms with van der Waals surface area (Å²) in [5.74, 6) is -1.38. The van der Waals surface area contributed by atoms with E-state index in [0.29, 0.717) is 18.8 Å². The summed E-state index contributed by atoms with van der Waals surface area (Å²) in [6.45, 7) is 2.52. The van der Waals surface area contributed by atoms with Gasteiger partial charge in [0.05, 0.1) is 10.8 Å². The number of rotatable bonds is 4. The largest absolute Gasteiger partial charge is 0.481 e. The fourth-order valence-corrected chi connectivity index (χ4v) is 2.30. The number of hydrogen-bond acceptors (Lipinski definition) is 5. The molecule has 1 saturated heterocycles. The smallest absolute Gasteiger partial charge is 0.310 e. The van der Waals surface area contributed by atoms with Gasteiger partial charge in [-0.25, -0.2) is 0 Å². The van der Waals surface area contributed by atoms with Crippen molar-refractivity contribution in [2.24, 2.45) is 11.8 Å². The third-order valence-corrected chi connectivity index (χ3v) is 3.66. The molecular weight excluding hydrogens is 262 g/mol. The number of nitro benzene ring substituents is 1. The highest BCUT2D eigenvalue weighted by Crippen LogP contribution is 2.37. The molecule has 0 radical (unpaired) electrons. The molecule has 2 rings (SSSR count). The van der Waals surface area contributed by atoms with Crippen LogP contribution in [0.5, 0.6) is 0 Å². The number of carboxylic acid groups (broad SMARTS) is 1. The summed E-state index contributed by atoms with van der Waals surface area (Å²) >= 11 is 0. The number of anilines is 1. The van der Waals surface area contributed by atoms with Crippen LogP contribution in [-0.4, -0.2) is 29.1 Å². The summed E-state index contributed by atoms with van der Waals surface area (Å²) < 4.78 is 0. The summed E-state index contributed by atoms with van der Waals surface area (Å²) in [5, 5.41) is 29.0. The minimum Gasteiger partial charge on any atom is -0.481 e. The molecule has 20 heavy (non-hydrogen) atoms. The van der Waals surface area contributed by atoms with Gasteiger partial charge in [-0.05, 0) is 12.1 Å². The van der Waals surface area contributed by atoms with Crippen LogP contribution in [0.3, 0.4) is 0 Å². The summed E-state index contributed by atoms with van der Waals surface area (Å²) in [6.07, 6.45) is 0. The van der Waals surface area contributed by atoms with Crippen molar-refractivity contribution in [2.45, 2.75) is 6.92 Å². The summed E-state index contributed by atoms with van der Waals surface area (Å²) in [6, 6.07) is 6.39. The maximum Gasteiger partial charge on any atom is 0.310 e. The minimum absolute atomic E-state index is 0.0160. The van der Waals surface area contributed by atoms with Crippen molar-refractivity contribution >= 4 is 17.3 Å². The van der Waals surface area contributed by atoms with Crippen molar-refractivity contribution in [2.75, 3.05) is 18.0 Å². The van der Waals surface area contributed by atoms with Crippen LogP contribution in [0.25, 0.3) is 0 Å². The Labute approximate surface area is 115 Å². The highest BCUT2D eigenvalue weighted by Gasteiger charge is 2.37. The lowest BCUT2D eigenvalue weighted by Gasteiger charge is -2.42. The fraction of sp³-hybridized carbons (Fsp3) is 0.385. The Kier molecular flexibility index (Phi) is 3.57. The van der Waals surface area contributed by atoms with Gasteiger partial charge < -0.3 is 10.0 Å². The molecule has 1 atom stereocenters. The summed E-state index contributed by atoms with van der Waals surface area (Å²) in [5.41, 5.74) is 0.182. The Morgan fingerprint density at radius 2 is 2.25 bits per heavy atom. The van der Waals surface area contributed by atoms with Crippen LogP contribution in [0.2, 0.25) is 0 Å². The molecule has 1 N–H and O–H groups in total. The maximum absolute atomic E-state index is 11.1. The number of nitro groups is 1. The highest BCUT2D eigenvalue weighted by atomic mass is 16.6. The number of carboxylic acids is 1. The SMILES string of the molecule is CC(C(=O)O)C1CN(c2cccc(C#N)c2[N+](=O)[O-])C1. The molecule has 1 heterocycles. The predicted octanol–water partition coefficient (Wildman–Crippen LogP) is 1.62. The van der Waals surface area contributed by atoms with Crippen LogP contribution in [0.15, 0.2) is 18.2 Å². The lowest BCUT2D eigenvalue weighted by Crippen LogP contribution is -2.51. The lowest BCUT2D eigenvalue weighted by atomic mass is 9.86. The van der Waals surface area contributed by atoms with Crippen LogP contribution in [0.1, 0.15) is 12.5 Å². The topological polar surface area (TPSA) is 107 Å². The maximum atomic E-state index is 11.1. The second kappa shape index (κ2) is 5.17. The number of para-hydroxylation sites is 1. The average Bonchev–Trinajstić information content (AvgIpc) is 2.35. The van der Waals surface area contributed by atoms with Gasteiger partial charge in [0.25, 0.3) is 0 Å². The van der Waals surface area contributed by atoms with E-state index in [2.05, 4.69) is 0 Å². The minimum atomic E-state index is -0.866. The molecule has 0 saturated carbocycles.